The fraction of sp³-hybridized carbons (Fsp3) is 0.100. The van der Waals surface area contributed by atoms with Gasteiger partial charge < -0.3 is 10.8 Å². The molecule has 0 spiro atoms. The van der Waals surface area contributed by atoms with E-state index in [-0.39, 0.29) is 5.56 Å². The second kappa shape index (κ2) is 3.76. The first-order valence-electron chi connectivity index (χ1n) is 3.88. The van der Waals surface area contributed by atoms with Gasteiger partial charge in [0.05, 0.1) is 5.56 Å². The first kappa shape index (κ1) is 9.32. The first-order chi connectivity index (χ1) is 6.16. The second-order valence-electron chi connectivity index (χ2n) is 2.67. The van der Waals surface area contributed by atoms with Crippen LogP contribution in [0, 0.1) is 0 Å². The van der Waals surface area contributed by atoms with Crippen LogP contribution in [0.15, 0.2) is 30.9 Å². The molecule has 0 aliphatic heterocycles. The minimum atomic E-state index is -0.954. The third-order valence-corrected chi connectivity index (χ3v) is 1.79. The maximum Gasteiger partial charge on any atom is 0.336 e. The average molecular weight is 177 g/mol. The standard InChI is InChI=1S/C10H11NO2/c1-2-4-7-8(10(12)13)5-3-6-9(7)11/h2-3,5-6H,1,4,11H2,(H,12,13). The van der Waals surface area contributed by atoms with E-state index in [0.717, 1.165) is 0 Å². The van der Waals surface area contributed by atoms with Crippen molar-refractivity contribution in [2.45, 2.75) is 6.42 Å². The molecule has 3 nitrogen and oxygen atoms in total. The summed E-state index contributed by atoms with van der Waals surface area (Å²) in [6, 6.07) is 4.86. The van der Waals surface area contributed by atoms with Crippen molar-refractivity contribution in [1.82, 2.24) is 0 Å². The molecule has 0 bridgehead atoms. The first-order valence-corrected chi connectivity index (χ1v) is 3.88. The Labute approximate surface area is 76.5 Å². The number of hydrogen-bond acceptors (Lipinski definition) is 2. The van der Waals surface area contributed by atoms with Gasteiger partial charge in [-0.3, -0.25) is 0 Å². The van der Waals surface area contributed by atoms with Crippen LogP contribution < -0.4 is 5.73 Å². The van der Waals surface area contributed by atoms with Gasteiger partial charge in [0, 0.05) is 5.69 Å². The van der Waals surface area contributed by atoms with E-state index in [2.05, 4.69) is 6.58 Å². The van der Waals surface area contributed by atoms with Gasteiger partial charge in [-0.2, -0.15) is 0 Å². The number of carbonyl (C=O) groups is 1. The Kier molecular flexibility index (Phi) is 2.69. The summed E-state index contributed by atoms with van der Waals surface area (Å²) in [5.74, 6) is -0.954. The van der Waals surface area contributed by atoms with E-state index < -0.39 is 5.97 Å². The third kappa shape index (κ3) is 1.87. The molecule has 0 aliphatic rings. The zero-order chi connectivity index (χ0) is 9.84. The molecule has 13 heavy (non-hydrogen) atoms. The molecule has 68 valence electrons. The number of nitrogen functional groups attached to an aromatic ring is 1. The number of anilines is 1. The van der Waals surface area contributed by atoms with Crippen LogP contribution in [0.1, 0.15) is 15.9 Å². The van der Waals surface area contributed by atoms with Crippen LogP contribution in [-0.2, 0) is 6.42 Å². The van der Waals surface area contributed by atoms with Crippen molar-refractivity contribution in [3.63, 3.8) is 0 Å². The summed E-state index contributed by atoms with van der Waals surface area (Å²) in [6.07, 6.45) is 2.12. The van der Waals surface area contributed by atoms with Crippen LogP contribution in [0.3, 0.4) is 0 Å². The van der Waals surface area contributed by atoms with Gasteiger partial charge in [0.1, 0.15) is 0 Å². The summed E-state index contributed by atoms with van der Waals surface area (Å²) in [5.41, 5.74) is 7.01. The molecule has 0 amide bonds. The Balaban J connectivity index is 3.24. The summed E-state index contributed by atoms with van der Waals surface area (Å²) in [4.78, 5) is 10.8. The van der Waals surface area contributed by atoms with Crippen LogP contribution in [0.25, 0.3) is 0 Å². The average Bonchev–Trinajstić information content (AvgIpc) is 2.08. The van der Waals surface area contributed by atoms with E-state index in [1.54, 1.807) is 18.2 Å². The summed E-state index contributed by atoms with van der Waals surface area (Å²) in [7, 11) is 0. The second-order valence-corrected chi connectivity index (χ2v) is 2.67. The molecule has 3 heteroatoms. The molecule has 1 aromatic carbocycles. The minimum Gasteiger partial charge on any atom is -0.478 e. The number of aromatic carboxylic acids is 1. The Bertz CT molecular complexity index is 345. The quantitative estimate of drug-likeness (QED) is 0.545. The molecule has 0 saturated heterocycles. The maximum absolute atomic E-state index is 10.8. The van der Waals surface area contributed by atoms with Crippen molar-refractivity contribution in [3.8, 4) is 0 Å². The van der Waals surface area contributed by atoms with Crippen LogP contribution in [0.4, 0.5) is 5.69 Å². The van der Waals surface area contributed by atoms with Gasteiger partial charge in [-0.25, -0.2) is 4.79 Å². The number of nitrogens with two attached hydrogens (primary N) is 1. The van der Waals surface area contributed by atoms with Crippen molar-refractivity contribution in [3.05, 3.63) is 42.0 Å². The SMILES string of the molecule is C=CCc1c(N)cccc1C(=O)O. The highest BCUT2D eigenvalue weighted by Gasteiger charge is 2.10. The minimum absolute atomic E-state index is 0.250. The van der Waals surface area contributed by atoms with E-state index in [1.165, 1.54) is 6.07 Å². The molecule has 3 N–H and O–H groups in total. The lowest BCUT2D eigenvalue weighted by molar-refractivity contribution is 0.0696. The van der Waals surface area contributed by atoms with Crippen LogP contribution in [-0.4, -0.2) is 11.1 Å². The van der Waals surface area contributed by atoms with Crippen molar-refractivity contribution in [1.29, 1.82) is 0 Å². The Morgan fingerprint density at radius 2 is 2.31 bits per heavy atom. The molecule has 0 heterocycles. The molecule has 1 rings (SSSR count). The number of rotatable bonds is 3. The van der Waals surface area contributed by atoms with Gasteiger partial charge in [0.25, 0.3) is 0 Å². The molecule has 0 saturated carbocycles. The zero-order valence-electron chi connectivity index (χ0n) is 7.16. The van der Waals surface area contributed by atoms with Crippen molar-refractivity contribution >= 4 is 11.7 Å². The number of carboxylic acids is 1. The summed E-state index contributed by atoms with van der Waals surface area (Å²) in [5, 5.41) is 8.83. The van der Waals surface area contributed by atoms with E-state index in [9.17, 15) is 4.79 Å². The highest BCUT2D eigenvalue weighted by atomic mass is 16.4. The number of allylic oxidation sites excluding steroid dienone is 1. The molecular formula is C10H11NO2. The Morgan fingerprint density at radius 1 is 1.62 bits per heavy atom. The van der Waals surface area contributed by atoms with Gasteiger partial charge >= 0.3 is 5.97 Å². The molecule has 0 atom stereocenters. The number of hydrogen-bond donors (Lipinski definition) is 2. The lowest BCUT2D eigenvalue weighted by Crippen LogP contribution is -2.04. The largest absolute Gasteiger partial charge is 0.478 e. The van der Waals surface area contributed by atoms with Crippen molar-refractivity contribution in [2.24, 2.45) is 0 Å². The molecule has 0 fully saturated rings. The van der Waals surface area contributed by atoms with Crippen molar-refractivity contribution in [2.75, 3.05) is 5.73 Å². The van der Waals surface area contributed by atoms with Gasteiger partial charge in [-0.05, 0) is 24.1 Å². The fourth-order valence-electron chi connectivity index (χ4n) is 1.18. The monoisotopic (exact) mass is 177 g/mol. The van der Waals surface area contributed by atoms with Gasteiger partial charge in [-0.15, -0.1) is 6.58 Å². The molecule has 0 radical (unpaired) electrons. The Hall–Kier alpha value is -1.77. The Morgan fingerprint density at radius 3 is 2.85 bits per heavy atom. The lowest BCUT2D eigenvalue weighted by atomic mass is 10.0. The maximum atomic E-state index is 10.8. The number of benzene rings is 1. The predicted octanol–water partition coefficient (Wildman–Crippen LogP) is 1.70. The van der Waals surface area contributed by atoms with Crippen LogP contribution in [0.2, 0.25) is 0 Å². The highest BCUT2D eigenvalue weighted by molar-refractivity contribution is 5.91. The highest BCUT2D eigenvalue weighted by Crippen LogP contribution is 2.17. The molecule has 0 aromatic heterocycles. The summed E-state index contributed by atoms with van der Waals surface area (Å²) >= 11 is 0. The van der Waals surface area contributed by atoms with E-state index in [0.29, 0.717) is 17.7 Å². The fourth-order valence-corrected chi connectivity index (χ4v) is 1.18. The molecule has 0 aliphatic carbocycles. The zero-order valence-corrected chi connectivity index (χ0v) is 7.16. The van der Waals surface area contributed by atoms with Crippen molar-refractivity contribution < 1.29 is 9.90 Å². The summed E-state index contributed by atoms with van der Waals surface area (Å²) in [6.45, 7) is 3.55. The van der Waals surface area contributed by atoms with E-state index in [4.69, 9.17) is 10.8 Å². The molecule has 0 unspecified atom stereocenters. The van der Waals surface area contributed by atoms with Crippen LogP contribution >= 0.6 is 0 Å². The van der Waals surface area contributed by atoms with Crippen LogP contribution in [0.5, 0.6) is 0 Å². The molecule has 1 aromatic rings. The third-order valence-electron chi connectivity index (χ3n) is 1.79. The van der Waals surface area contributed by atoms with E-state index >= 15 is 0 Å². The van der Waals surface area contributed by atoms with Gasteiger partial charge in [0.15, 0.2) is 0 Å². The molecular weight excluding hydrogens is 166 g/mol. The smallest absolute Gasteiger partial charge is 0.336 e. The van der Waals surface area contributed by atoms with Gasteiger partial charge in [0.2, 0.25) is 0 Å². The van der Waals surface area contributed by atoms with Gasteiger partial charge in [-0.1, -0.05) is 12.1 Å². The lowest BCUT2D eigenvalue weighted by Gasteiger charge is -2.06. The van der Waals surface area contributed by atoms with E-state index in [1.807, 2.05) is 0 Å². The number of carboxylic acid groups (broad SMARTS) is 1. The predicted molar refractivity (Wildman–Crippen MR) is 51.7 cm³/mol. The summed E-state index contributed by atoms with van der Waals surface area (Å²) < 4.78 is 0. The topological polar surface area (TPSA) is 63.3 Å². The normalized spacial score (nSPS) is 9.54.